The molecule has 4 heteroatoms. The molecular weight excluding hydrogens is 276 g/mol. The molecule has 0 bridgehead atoms. The number of nitrogens with two attached hydrogens (primary N) is 1. The Kier molecular flexibility index (Phi) is 3.83. The molecule has 0 atom stereocenters. The number of amidine groups is 1. The molecule has 112 valence electrons. The lowest BCUT2D eigenvalue weighted by atomic mass is 9.93. The molecule has 0 saturated carbocycles. The zero-order valence-electron chi connectivity index (χ0n) is 12.7. The van der Waals surface area contributed by atoms with Gasteiger partial charge in [-0.15, -0.1) is 0 Å². The minimum atomic E-state index is 0.583. The molecule has 0 radical (unpaired) electrons. The van der Waals surface area contributed by atoms with Gasteiger partial charge in [0.2, 0.25) is 0 Å². The van der Waals surface area contributed by atoms with Crippen molar-refractivity contribution in [1.82, 2.24) is 0 Å². The molecule has 2 aromatic rings. The Morgan fingerprint density at radius 3 is 2.36 bits per heavy atom. The average molecular weight is 294 g/mol. The summed E-state index contributed by atoms with van der Waals surface area (Å²) in [6, 6.07) is 14.1. The van der Waals surface area contributed by atoms with Crippen LogP contribution in [0.2, 0.25) is 0 Å². The highest BCUT2D eigenvalue weighted by Crippen LogP contribution is 2.37. The molecule has 2 N–H and O–H groups in total. The quantitative estimate of drug-likeness (QED) is 0.946. The van der Waals surface area contributed by atoms with E-state index in [2.05, 4.69) is 17.1 Å². The monoisotopic (exact) mass is 294 g/mol. The summed E-state index contributed by atoms with van der Waals surface area (Å²) in [4.78, 5) is 4.36. The molecule has 1 aliphatic heterocycles. The van der Waals surface area contributed by atoms with Crippen molar-refractivity contribution >= 4 is 11.4 Å². The van der Waals surface area contributed by atoms with E-state index in [0.717, 1.165) is 22.3 Å². The highest BCUT2D eigenvalue weighted by molar-refractivity contribution is 5.91. The molecule has 0 aliphatic carbocycles. The topological polar surface area (TPSA) is 56.8 Å². The van der Waals surface area contributed by atoms with Crippen LogP contribution in [-0.4, -0.2) is 20.1 Å². The highest BCUT2D eigenvalue weighted by Gasteiger charge is 2.18. The predicted octanol–water partition coefficient (Wildman–Crippen LogP) is 3.01. The van der Waals surface area contributed by atoms with Gasteiger partial charge in [0.05, 0.1) is 14.2 Å². The van der Waals surface area contributed by atoms with Crippen LogP contribution in [0.4, 0.5) is 0 Å². The molecule has 0 aromatic heterocycles. The van der Waals surface area contributed by atoms with E-state index in [1.807, 2.05) is 36.5 Å². The third kappa shape index (κ3) is 2.55. The normalized spacial score (nSPS) is 13.5. The average Bonchev–Trinajstić information content (AvgIpc) is 2.72. The second kappa shape index (κ2) is 5.93. The fraction of sp³-hybridized carbons (Fsp3) is 0.167. The standard InChI is InChI=1S/C18H18N2O2/c1-21-16-8-13-9-18(19)20-11-15(12-6-4-3-5-7-12)14(13)10-17(16)22-2/h3-8,10-11H,9H2,1-2H3,(H2,19,20). The first kappa shape index (κ1) is 14.2. The van der Waals surface area contributed by atoms with Crippen molar-refractivity contribution in [2.24, 2.45) is 10.7 Å². The summed E-state index contributed by atoms with van der Waals surface area (Å²) in [7, 11) is 3.27. The molecule has 2 aromatic carbocycles. The SMILES string of the molecule is COc1cc2c(cc1OC)C(c1ccccc1)=CN=C(N)C2. The van der Waals surface area contributed by atoms with E-state index in [0.29, 0.717) is 23.8 Å². The van der Waals surface area contributed by atoms with Gasteiger partial charge in [0.1, 0.15) is 5.84 Å². The van der Waals surface area contributed by atoms with Gasteiger partial charge in [0, 0.05) is 18.2 Å². The Labute approximate surface area is 129 Å². The van der Waals surface area contributed by atoms with Gasteiger partial charge in [-0.1, -0.05) is 30.3 Å². The van der Waals surface area contributed by atoms with Crippen LogP contribution in [-0.2, 0) is 6.42 Å². The summed E-state index contributed by atoms with van der Waals surface area (Å²) in [6.45, 7) is 0. The minimum Gasteiger partial charge on any atom is -0.493 e. The molecule has 0 unspecified atom stereocenters. The fourth-order valence-electron chi connectivity index (χ4n) is 2.62. The van der Waals surface area contributed by atoms with Crippen molar-refractivity contribution in [2.75, 3.05) is 14.2 Å². The Morgan fingerprint density at radius 2 is 1.68 bits per heavy atom. The summed E-state index contributed by atoms with van der Waals surface area (Å²) < 4.78 is 10.8. The van der Waals surface area contributed by atoms with Crippen LogP contribution in [0.3, 0.4) is 0 Å². The van der Waals surface area contributed by atoms with Gasteiger partial charge in [-0.3, -0.25) is 0 Å². The number of hydrogen-bond donors (Lipinski definition) is 1. The first-order valence-corrected chi connectivity index (χ1v) is 7.06. The predicted molar refractivity (Wildman–Crippen MR) is 88.4 cm³/mol. The summed E-state index contributed by atoms with van der Waals surface area (Å²) >= 11 is 0. The first-order valence-electron chi connectivity index (χ1n) is 7.06. The zero-order valence-corrected chi connectivity index (χ0v) is 12.7. The van der Waals surface area contributed by atoms with Crippen LogP contribution in [0, 0.1) is 0 Å². The maximum Gasteiger partial charge on any atom is 0.161 e. The molecule has 0 amide bonds. The van der Waals surface area contributed by atoms with Crippen LogP contribution in [0.15, 0.2) is 53.7 Å². The van der Waals surface area contributed by atoms with Crippen molar-refractivity contribution in [2.45, 2.75) is 6.42 Å². The van der Waals surface area contributed by atoms with Gasteiger partial charge in [-0.2, -0.15) is 0 Å². The van der Waals surface area contributed by atoms with Crippen LogP contribution in [0.1, 0.15) is 16.7 Å². The Hall–Kier alpha value is -2.75. The summed E-state index contributed by atoms with van der Waals surface area (Å²) in [5.41, 5.74) is 10.2. The van der Waals surface area contributed by atoms with E-state index in [1.165, 1.54) is 0 Å². The number of hydrogen-bond acceptors (Lipinski definition) is 4. The van der Waals surface area contributed by atoms with E-state index >= 15 is 0 Å². The maximum absolute atomic E-state index is 5.99. The van der Waals surface area contributed by atoms with Crippen molar-refractivity contribution in [1.29, 1.82) is 0 Å². The number of fused-ring (bicyclic) bond motifs is 1. The largest absolute Gasteiger partial charge is 0.493 e. The smallest absolute Gasteiger partial charge is 0.161 e. The third-order valence-corrected chi connectivity index (χ3v) is 3.72. The molecule has 0 spiro atoms. The summed E-state index contributed by atoms with van der Waals surface area (Å²) in [5, 5.41) is 0. The molecule has 1 aliphatic rings. The lowest BCUT2D eigenvalue weighted by molar-refractivity contribution is 0.354. The lowest BCUT2D eigenvalue weighted by Crippen LogP contribution is -2.14. The van der Waals surface area contributed by atoms with Crippen LogP contribution in [0.5, 0.6) is 11.5 Å². The van der Waals surface area contributed by atoms with Crippen molar-refractivity contribution in [3.8, 4) is 11.5 Å². The first-order chi connectivity index (χ1) is 10.7. The van der Waals surface area contributed by atoms with Crippen molar-refractivity contribution in [3.63, 3.8) is 0 Å². The van der Waals surface area contributed by atoms with E-state index < -0.39 is 0 Å². The van der Waals surface area contributed by atoms with E-state index in [9.17, 15) is 0 Å². The van der Waals surface area contributed by atoms with E-state index in [-0.39, 0.29) is 0 Å². The highest BCUT2D eigenvalue weighted by atomic mass is 16.5. The van der Waals surface area contributed by atoms with Gasteiger partial charge >= 0.3 is 0 Å². The Morgan fingerprint density at radius 1 is 1.00 bits per heavy atom. The van der Waals surface area contributed by atoms with Gasteiger partial charge in [-0.05, 0) is 28.8 Å². The Bertz CT molecular complexity index is 749. The van der Waals surface area contributed by atoms with Crippen LogP contribution >= 0.6 is 0 Å². The molecular formula is C18H18N2O2. The number of nitrogens with zero attached hydrogens (tertiary/aromatic N) is 1. The molecule has 0 fully saturated rings. The number of ether oxygens (including phenoxy) is 2. The van der Waals surface area contributed by atoms with Crippen molar-refractivity contribution in [3.05, 3.63) is 65.4 Å². The number of aliphatic imine (C=N–C) groups is 1. The molecule has 0 saturated heterocycles. The summed E-state index contributed by atoms with van der Waals surface area (Å²) in [6.07, 6.45) is 2.41. The second-order valence-electron chi connectivity index (χ2n) is 5.07. The number of methoxy groups -OCH3 is 2. The van der Waals surface area contributed by atoms with Crippen LogP contribution < -0.4 is 15.2 Å². The van der Waals surface area contributed by atoms with E-state index in [4.69, 9.17) is 15.2 Å². The maximum atomic E-state index is 5.99. The minimum absolute atomic E-state index is 0.583. The molecule has 3 rings (SSSR count). The number of rotatable bonds is 3. The summed E-state index contributed by atoms with van der Waals surface area (Å²) in [5.74, 6) is 1.98. The molecule has 22 heavy (non-hydrogen) atoms. The number of benzene rings is 2. The second-order valence-corrected chi connectivity index (χ2v) is 5.07. The third-order valence-electron chi connectivity index (χ3n) is 3.72. The fourth-order valence-corrected chi connectivity index (χ4v) is 2.62. The molecule has 1 heterocycles. The van der Waals surface area contributed by atoms with Gasteiger partial charge < -0.3 is 15.2 Å². The Balaban J connectivity index is 2.22. The van der Waals surface area contributed by atoms with Crippen molar-refractivity contribution < 1.29 is 9.47 Å². The van der Waals surface area contributed by atoms with Gasteiger partial charge in [0.15, 0.2) is 11.5 Å². The van der Waals surface area contributed by atoms with Crippen LogP contribution in [0.25, 0.3) is 5.57 Å². The van der Waals surface area contributed by atoms with E-state index in [1.54, 1.807) is 14.2 Å². The van der Waals surface area contributed by atoms with Gasteiger partial charge in [-0.25, -0.2) is 4.99 Å². The van der Waals surface area contributed by atoms with Gasteiger partial charge in [0.25, 0.3) is 0 Å². The lowest BCUT2D eigenvalue weighted by Gasteiger charge is -2.15. The molecule has 4 nitrogen and oxygen atoms in total. The zero-order chi connectivity index (χ0) is 15.5.